The molecule has 1 N–H and O–H groups in total. The van der Waals surface area contributed by atoms with Gasteiger partial charge in [0.1, 0.15) is 6.33 Å². The Hall–Kier alpha value is -1.88. The molecule has 1 aromatic carbocycles. The Bertz CT molecular complexity index is 575. The highest BCUT2D eigenvalue weighted by Gasteiger charge is 2.19. The number of hydrogen-bond acceptors (Lipinski definition) is 4. The summed E-state index contributed by atoms with van der Waals surface area (Å²) in [4.78, 5) is 2.39. The SMILES string of the molecule is CNCc1cc(C)ccc1N1CCn2cnnc2C1. The Labute approximate surface area is 113 Å². The second-order valence-corrected chi connectivity index (χ2v) is 5.02. The lowest BCUT2D eigenvalue weighted by atomic mass is 10.1. The summed E-state index contributed by atoms with van der Waals surface area (Å²) in [5.74, 6) is 1.04. The van der Waals surface area contributed by atoms with Crippen molar-refractivity contribution in [1.29, 1.82) is 0 Å². The Morgan fingerprint density at radius 3 is 3.05 bits per heavy atom. The van der Waals surface area contributed by atoms with Crippen LogP contribution < -0.4 is 10.2 Å². The molecule has 2 heterocycles. The first-order valence-electron chi connectivity index (χ1n) is 6.63. The van der Waals surface area contributed by atoms with Gasteiger partial charge in [-0.1, -0.05) is 17.7 Å². The van der Waals surface area contributed by atoms with Gasteiger partial charge in [-0.3, -0.25) is 0 Å². The molecule has 0 bridgehead atoms. The van der Waals surface area contributed by atoms with Crippen LogP contribution in [0.5, 0.6) is 0 Å². The van der Waals surface area contributed by atoms with E-state index in [9.17, 15) is 0 Å². The fourth-order valence-electron chi connectivity index (χ4n) is 2.63. The number of nitrogens with one attached hydrogen (secondary N) is 1. The standard InChI is InChI=1S/C14H19N5/c1-11-3-4-13(12(7-11)8-15-2)18-5-6-19-10-16-17-14(19)9-18/h3-4,7,10,15H,5-6,8-9H2,1-2H3. The molecule has 0 amide bonds. The van der Waals surface area contributed by atoms with Gasteiger partial charge in [0.05, 0.1) is 6.54 Å². The summed E-state index contributed by atoms with van der Waals surface area (Å²) < 4.78 is 2.13. The lowest BCUT2D eigenvalue weighted by Gasteiger charge is -2.31. The molecule has 0 unspecified atom stereocenters. The van der Waals surface area contributed by atoms with Gasteiger partial charge in [-0.25, -0.2) is 0 Å². The Morgan fingerprint density at radius 1 is 1.32 bits per heavy atom. The summed E-state index contributed by atoms with van der Waals surface area (Å²) in [7, 11) is 1.99. The highest BCUT2D eigenvalue weighted by molar-refractivity contribution is 5.55. The van der Waals surface area contributed by atoms with Gasteiger partial charge in [-0.05, 0) is 25.6 Å². The van der Waals surface area contributed by atoms with Crippen molar-refractivity contribution >= 4 is 5.69 Å². The van der Waals surface area contributed by atoms with Crippen molar-refractivity contribution in [1.82, 2.24) is 20.1 Å². The van der Waals surface area contributed by atoms with Crippen LogP contribution in [0, 0.1) is 6.92 Å². The lowest BCUT2D eigenvalue weighted by molar-refractivity contribution is 0.558. The third-order valence-electron chi connectivity index (χ3n) is 3.58. The number of anilines is 1. The lowest BCUT2D eigenvalue weighted by Crippen LogP contribution is -2.34. The van der Waals surface area contributed by atoms with Gasteiger partial charge >= 0.3 is 0 Å². The number of aromatic nitrogens is 3. The highest BCUT2D eigenvalue weighted by atomic mass is 15.3. The fraction of sp³-hybridized carbons (Fsp3) is 0.429. The van der Waals surface area contributed by atoms with E-state index < -0.39 is 0 Å². The van der Waals surface area contributed by atoms with Crippen molar-refractivity contribution < 1.29 is 0 Å². The van der Waals surface area contributed by atoms with E-state index in [1.807, 2.05) is 13.4 Å². The molecule has 0 spiro atoms. The summed E-state index contributed by atoms with van der Waals surface area (Å²) >= 11 is 0. The molecule has 2 aromatic rings. The maximum absolute atomic E-state index is 4.18. The quantitative estimate of drug-likeness (QED) is 0.901. The Morgan fingerprint density at radius 2 is 2.21 bits per heavy atom. The molecule has 3 rings (SSSR count). The van der Waals surface area contributed by atoms with Crippen LogP contribution in [-0.2, 0) is 19.6 Å². The number of fused-ring (bicyclic) bond motifs is 1. The topological polar surface area (TPSA) is 46.0 Å². The second kappa shape index (κ2) is 5.01. The first-order valence-corrected chi connectivity index (χ1v) is 6.63. The van der Waals surface area contributed by atoms with Gasteiger partial charge in [0.2, 0.25) is 0 Å². The average Bonchev–Trinajstić information content (AvgIpc) is 2.86. The largest absolute Gasteiger partial charge is 0.362 e. The van der Waals surface area contributed by atoms with Crippen LogP contribution >= 0.6 is 0 Å². The van der Waals surface area contributed by atoms with Gasteiger partial charge in [-0.15, -0.1) is 10.2 Å². The fourth-order valence-corrected chi connectivity index (χ4v) is 2.63. The molecule has 0 aliphatic carbocycles. The van der Waals surface area contributed by atoms with E-state index in [0.29, 0.717) is 0 Å². The predicted molar refractivity (Wildman–Crippen MR) is 75.0 cm³/mol. The van der Waals surface area contributed by atoms with E-state index in [1.54, 1.807) is 0 Å². The zero-order chi connectivity index (χ0) is 13.2. The molecule has 19 heavy (non-hydrogen) atoms. The maximum atomic E-state index is 4.18. The smallest absolute Gasteiger partial charge is 0.152 e. The molecular weight excluding hydrogens is 238 g/mol. The van der Waals surface area contributed by atoms with Crippen molar-refractivity contribution in [3.8, 4) is 0 Å². The molecule has 1 aliphatic rings. The molecule has 0 saturated heterocycles. The summed E-state index contributed by atoms with van der Waals surface area (Å²) in [6, 6.07) is 6.65. The van der Waals surface area contributed by atoms with Crippen LogP contribution in [0.4, 0.5) is 5.69 Å². The van der Waals surface area contributed by atoms with Crippen LogP contribution in [0.15, 0.2) is 24.5 Å². The third kappa shape index (κ3) is 2.33. The van der Waals surface area contributed by atoms with E-state index in [2.05, 4.69) is 50.1 Å². The summed E-state index contributed by atoms with van der Waals surface area (Å²) in [5.41, 5.74) is 3.94. The molecule has 1 aromatic heterocycles. The minimum Gasteiger partial charge on any atom is -0.362 e. The summed E-state index contributed by atoms with van der Waals surface area (Å²) in [5, 5.41) is 11.4. The number of benzene rings is 1. The molecule has 0 atom stereocenters. The number of nitrogens with zero attached hydrogens (tertiary/aromatic N) is 4. The molecule has 1 aliphatic heterocycles. The monoisotopic (exact) mass is 257 g/mol. The van der Waals surface area contributed by atoms with Crippen molar-refractivity contribution in [2.24, 2.45) is 0 Å². The van der Waals surface area contributed by atoms with Crippen LogP contribution in [0.1, 0.15) is 17.0 Å². The number of hydrogen-bond donors (Lipinski definition) is 1. The number of aryl methyl sites for hydroxylation is 1. The second-order valence-electron chi connectivity index (χ2n) is 5.02. The average molecular weight is 257 g/mol. The van der Waals surface area contributed by atoms with Crippen molar-refractivity contribution in [3.05, 3.63) is 41.5 Å². The minimum absolute atomic E-state index is 0.833. The molecule has 0 fully saturated rings. The van der Waals surface area contributed by atoms with Gasteiger partial charge in [-0.2, -0.15) is 0 Å². The van der Waals surface area contributed by atoms with Gasteiger partial charge in [0.15, 0.2) is 5.82 Å². The van der Waals surface area contributed by atoms with E-state index in [1.165, 1.54) is 16.8 Å². The molecule has 5 heteroatoms. The zero-order valence-corrected chi connectivity index (χ0v) is 11.4. The maximum Gasteiger partial charge on any atom is 0.152 e. The summed E-state index contributed by atoms with van der Waals surface area (Å²) in [6.45, 7) is 5.82. The van der Waals surface area contributed by atoms with E-state index in [-0.39, 0.29) is 0 Å². The predicted octanol–water partition coefficient (Wildman–Crippen LogP) is 1.33. The Kier molecular flexibility index (Phi) is 3.21. The zero-order valence-electron chi connectivity index (χ0n) is 11.4. The summed E-state index contributed by atoms with van der Waals surface area (Å²) in [6.07, 6.45) is 1.82. The molecule has 0 radical (unpaired) electrons. The molecule has 100 valence electrons. The Balaban J connectivity index is 1.90. The van der Waals surface area contributed by atoms with Crippen LogP contribution in [0.25, 0.3) is 0 Å². The van der Waals surface area contributed by atoms with E-state index in [0.717, 1.165) is 32.0 Å². The van der Waals surface area contributed by atoms with Crippen LogP contribution in [0.2, 0.25) is 0 Å². The molecule has 0 saturated carbocycles. The minimum atomic E-state index is 0.833. The van der Waals surface area contributed by atoms with Crippen LogP contribution in [0.3, 0.4) is 0 Å². The molecular formula is C14H19N5. The number of rotatable bonds is 3. The highest BCUT2D eigenvalue weighted by Crippen LogP contribution is 2.25. The van der Waals surface area contributed by atoms with Crippen LogP contribution in [-0.4, -0.2) is 28.4 Å². The van der Waals surface area contributed by atoms with E-state index in [4.69, 9.17) is 0 Å². The van der Waals surface area contributed by atoms with E-state index >= 15 is 0 Å². The van der Waals surface area contributed by atoms with Crippen molar-refractivity contribution in [2.75, 3.05) is 18.5 Å². The van der Waals surface area contributed by atoms with Crippen molar-refractivity contribution in [2.45, 2.75) is 26.6 Å². The first kappa shape index (κ1) is 12.2. The molecule has 5 nitrogen and oxygen atoms in total. The van der Waals surface area contributed by atoms with Crippen molar-refractivity contribution in [3.63, 3.8) is 0 Å². The van der Waals surface area contributed by atoms with Gasteiger partial charge < -0.3 is 14.8 Å². The first-order chi connectivity index (χ1) is 9.28. The van der Waals surface area contributed by atoms with Gasteiger partial charge in [0.25, 0.3) is 0 Å². The normalized spacial score (nSPS) is 14.5. The third-order valence-corrected chi connectivity index (χ3v) is 3.58. The van der Waals surface area contributed by atoms with Gasteiger partial charge in [0, 0.05) is 25.3 Å².